The number of aromatic nitrogens is 1. The highest BCUT2D eigenvalue weighted by molar-refractivity contribution is 7.19. The second-order valence-corrected chi connectivity index (χ2v) is 8.70. The molecule has 33 heavy (non-hydrogen) atoms. The monoisotopic (exact) mass is 456 g/mol. The van der Waals surface area contributed by atoms with Crippen molar-refractivity contribution in [3.05, 3.63) is 89.5 Å². The molecule has 2 amide bonds. The Bertz CT molecular complexity index is 1240. The number of anilines is 2. The smallest absolute Gasteiger partial charge is 0.325 e. The Hall–Kier alpha value is -3.48. The molecule has 168 valence electrons. The molecule has 6 heteroatoms. The van der Waals surface area contributed by atoms with E-state index in [9.17, 15) is 4.79 Å². The fraction of sp³-hybridized carbons (Fsp3) is 0.185. The lowest BCUT2D eigenvalue weighted by Gasteiger charge is -2.25. The molecule has 0 aliphatic carbocycles. The van der Waals surface area contributed by atoms with Crippen molar-refractivity contribution in [3.8, 4) is 21.0 Å². The quantitative estimate of drug-likeness (QED) is 0.343. The molecule has 0 atom stereocenters. The predicted molar refractivity (Wildman–Crippen MR) is 138 cm³/mol. The molecule has 0 radical (unpaired) electrons. The zero-order chi connectivity index (χ0) is 23.4. The maximum atomic E-state index is 13.0. The van der Waals surface area contributed by atoms with Crippen LogP contribution in [-0.2, 0) is 19.4 Å². The molecule has 0 spiro atoms. The van der Waals surface area contributed by atoms with Crippen LogP contribution in [0.2, 0.25) is 0 Å². The van der Waals surface area contributed by atoms with E-state index < -0.39 is 6.03 Å². The van der Waals surface area contributed by atoms with E-state index >= 15 is 0 Å². The number of aryl methyl sites for hydroxylation is 2. The lowest BCUT2D eigenvalue weighted by molar-refractivity contribution is 0.256. The van der Waals surface area contributed by atoms with Crippen molar-refractivity contribution in [1.29, 1.82) is 0 Å². The van der Waals surface area contributed by atoms with Crippen LogP contribution >= 0.6 is 11.3 Å². The van der Waals surface area contributed by atoms with Gasteiger partial charge in [-0.25, -0.2) is 14.7 Å². The number of hydrogen-bond donors (Lipinski definition) is 2. The third kappa shape index (κ3) is 4.40. The SMILES string of the molecule is CCc1cccc(CC)c1N(C(N)=O)c1nc(-c2ccccc2)sc1-c1ccccc1CN. The Morgan fingerprint density at radius 2 is 1.48 bits per heavy atom. The van der Waals surface area contributed by atoms with Gasteiger partial charge in [-0.15, -0.1) is 11.3 Å². The zero-order valence-corrected chi connectivity index (χ0v) is 19.7. The number of nitrogens with zero attached hydrogens (tertiary/aromatic N) is 2. The molecule has 3 aromatic carbocycles. The van der Waals surface area contributed by atoms with Gasteiger partial charge in [-0.3, -0.25) is 0 Å². The standard InChI is InChI=1S/C27H28N4OS/c1-3-18-14-10-15-19(4-2)23(18)31(27(29)32)25-24(22-16-9-8-13-21(22)17-28)33-26(30-25)20-11-6-5-7-12-20/h5-16H,3-4,17,28H2,1-2H3,(H2,29,32). The number of amides is 2. The largest absolute Gasteiger partial charge is 0.351 e. The summed E-state index contributed by atoms with van der Waals surface area (Å²) < 4.78 is 0. The van der Waals surface area contributed by atoms with Crippen LogP contribution in [0.3, 0.4) is 0 Å². The van der Waals surface area contributed by atoms with Gasteiger partial charge in [-0.05, 0) is 35.1 Å². The highest BCUT2D eigenvalue weighted by Crippen LogP contribution is 2.45. The first-order valence-corrected chi connectivity index (χ1v) is 12.0. The second-order valence-electron chi connectivity index (χ2n) is 7.70. The average molecular weight is 457 g/mol. The lowest BCUT2D eigenvalue weighted by atomic mass is 10.0. The summed E-state index contributed by atoms with van der Waals surface area (Å²) in [5.74, 6) is 0.544. The Kier molecular flexibility index (Phi) is 6.87. The maximum Gasteiger partial charge on any atom is 0.325 e. The molecular formula is C27H28N4OS. The normalized spacial score (nSPS) is 10.9. The summed E-state index contributed by atoms with van der Waals surface area (Å²) in [4.78, 5) is 20.5. The molecule has 0 unspecified atom stereocenters. The van der Waals surface area contributed by atoms with Crippen LogP contribution in [0.15, 0.2) is 72.8 Å². The van der Waals surface area contributed by atoms with Gasteiger partial charge in [-0.1, -0.05) is 86.6 Å². The summed E-state index contributed by atoms with van der Waals surface area (Å²) in [5.41, 5.74) is 18.0. The molecule has 0 bridgehead atoms. The summed E-state index contributed by atoms with van der Waals surface area (Å²) in [5, 5.41) is 0.825. The molecule has 5 nitrogen and oxygen atoms in total. The Balaban J connectivity index is 2.03. The van der Waals surface area contributed by atoms with Crippen molar-refractivity contribution in [2.75, 3.05) is 4.90 Å². The van der Waals surface area contributed by atoms with E-state index in [0.29, 0.717) is 12.4 Å². The number of primary amides is 1. The fourth-order valence-electron chi connectivity index (χ4n) is 4.09. The number of benzene rings is 3. The molecule has 4 N–H and O–H groups in total. The molecule has 0 aliphatic rings. The summed E-state index contributed by atoms with van der Waals surface area (Å²) in [7, 11) is 0. The van der Waals surface area contributed by atoms with Crippen LogP contribution < -0.4 is 16.4 Å². The first-order valence-electron chi connectivity index (χ1n) is 11.1. The molecule has 0 saturated carbocycles. The van der Waals surface area contributed by atoms with Crippen LogP contribution in [0.25, 0.3) is 21.0 Å². The van der Waals surface area contributed by atoms with Gasteiger partial charge in [0, 0.05) is 12.1 Å². The number of rotatable bonds is 7. The molecule has 4 rings (SSSR count). The van der Waals surface area contributed by atoms with Crippen LogP contribution in [-0.4, -0.2) is 11.0 Å². The van der Waals surface area contributed by atoms with Gasteiger partial charge in [-0.2, -0.15) is 0 Å². The van der Waals surface area contributed by atoms with Gasteiger partial charge in [0.25, 0.3) is 0 Å². The van der Waals surface area contributed by atoms with Crippen molar-refractivity contribution in [2.24, 2.45) is 11.5 Å². The van der Waals surface area contributed by atoms with E-state index in [0.717, 1.165) is 56.2 Å². The van der Waals surface area contributed by atoms with E-state index in [1.54, 1.807) is 16.2 Å². The van der Waals surface area contributed by atoms with Crippen LogP contribution in [0.1, 0.15) is 30.5 Å². The van der Waals surface area contributed by atoms with E-state index in [4.69, 9.17) is 16.5 Å². The highest BCUT2D eigenvalue weighted by Gasteiger charge is 2.28. The van der Waals surface area contributed by atoms with E-state index in [1.807, 2.05) is 72.8 Å². The summed E-state index contributed by atoms with van der Waals surface area (Å²) in [6, 6.07) is 23.5. The molecule has 0 aliphatic heterocycles. The predicted octanol–water partition coefficient (Wildman–Crippen LogP) is 6.28. The van der Waals surface area contributed by atoms with E-state index in [2.05, 4.69) is 13.8 Å². The molecule has 0 saturated heterocycles. The van der Waals surface area contributed by atoms with Crippen LogP contribution in [0, 0.1) is 0 Å². The number of thiazole rings is 1. The van der Waals surface area contributed by atoms with E-state index in [-0.39, 0.29) is 0 Å². The summed E-state index contributed by atoms with van der Waals surface area (Å²) >= 11 is 1.55. The van der Waals surface area contributed by atoms with Gasteiger partial charge in [0.15, 0.2) is 5.82 Å². The minimum Gasteiger partial charge on any atom is -0.351 e. The van der Waals surface area contributed by atoms with Gasteiger partial charge in [0.1, 0.15) is 5.01 Å². The third-order valence-corrected chi connectivity index (χ3v) is 6.86. The van der Waals surface area contributed by atoms with Gasteiger partial charge >= 0.3 is 6.03 Å². The highest BCUT2D eigenvalue weighted by atomic mass is 32.1. The number of hydrogen-bond acceptors (Lipinski definition) is 4. The van der Waals surface area contributed by atoms with Crippen molar-refractivity contribution in [1.82, 2.24) is 4.98 Å². The summed E-state index contributed by atoms with van der Waals surface area (Å²) in [6.07, 6.45) is 1.55. The number of carbonyl (C=O) groups is 1. The van der Waals surface area contributed by atoms with Crippen molar-refractivity contribution < 1.29 is 4.79 Å². The molecule has 4 aromatic rings. The second kappa shape index (κ2) is 9.98. The van der Waals surface area contributed by atoms with Crippen molar-refractivity contribution in [2.45, 2.75) is 33.2 Å². The topological polar surface area (TPSA) is 85.2 Å². The number of carbonyl (C=O) groups excluding carboxylic acids is 1. The number of para-hydroxylation sites is 1. The minimum atomic E-state index is -0.554. The average Bonchev–Trinajstić information content (AvgIpc) is 3.29. The first-order chi connectivity index (χ1) is 16.1. The van der Waals surface area contributed by atoms with Crippen molar-refractivity contribution in [3.63, 3.8) is 0 Å². The van der Waals surface area contributed by atoms with Gasteiger partial charge in [0.2, 0.25) is 0 Å². The zero-order valence-electron chi connectivity index (χ0n) is 18.9. The van der Waals surface area contributed by atoms with Crippen LogP contribution in [0.5, 0.6) is 0 Å². The maximum absolute atomic E-state index is 13.0. The molecule has 0 fully saturated rings. The lowest BCUT2D eigenvalue weighted by Crippen LogP contribution is -2.33. The minimum absolute atomic E-state index is 0.385. The molecule has 1 heterocycles. The van der Waals surface area contributed by atoms with E-state index in [1.165, 1.54) is 0 Å². The fourth-order valence-corrected chi connectivity index (χ4v) is 5.20. The number of urea groups is 1. The summed E-state index contributed by atoms with van der Waals surface area (Å²) in [6.45, 7) is 4.55. The Morgan fingerprint density at radius 3 is 2.09 bits per heavy atom. The van der Waals surface area contributed by atoms with Crippen LogP contribution in [0.4, 0.5) is 16.3 Å². The molecule has 1 aromatic heterocycles. The van der Waals surface area contributed by atoms with Crippen molar-refractivity contribution >= 4 is 28.9 Å². The molecular weight excluding hydrogens is 428 g/mol. The number of nitrogens with two attached hydrogens (primary N) is 2. The third-order valence-electron chi connectivity index (χ3n) is 5.73. The van der Waals surface area contributed by atoms with Gasteiger partial charge in [0.05, 0.1) is 10.6 Å². The first kappa shape index (κ1) is 22.7. The van der Waals surface area contributed by atoms with Gasteiger partial charge < -0.3 is 11.5 Å². The Morgan fingerprint density at radius 1 is 0.879 bits per heavy atom. The Labute approximate surface area is 198 Å².